The first-order valence-corrected chi connectivity index (χ1v) is 3.59. The van der Waals surface area contributed by atoms with Crippen molar-refractivity contribution >= 4 is 0 Å². The molecule has 66 valence electrons. The van der Waals surface area contributed by atoms with E-state index in [0.717, 1.165) is 6.07 Å². The van der Waals surface area contributed by atoms with E-state index in [1.54, 1.807) is 6.92 Å². The second-order valence-corrected chi connectivity index (χ2v) is 2.59. The molecule has 4 heteroatoms. The topological polar surface area (TPSA) is 58.3 Å². The summed E-state index contributed by atoms with van der Waals surface area (Å²) in [7, 11) is 0. The van der Waals surface area contributed by atoms with Gasteiger partial charge in [0.2, 0.25) is 0 Å². The molecule has 1 rings (SSSR count). The number of aromatic hydroxyl groups is 1. The fraction of sp³-hybridized carbons (Fsp3) is 0.250. The van der Waals surface area contributed by atoms with Crippen molar-refractivity contribution in [2.24, 2.45) is 5.84 Å². The normalized spacial score (nSPS) is 12.9. The zero-order valence-electron chi connectivity index (χ0n) is 6.71. The molecule has 0 aliphatic rings. The first-order chi connectivity index (χ1) is 5.65. The number of halogens is 1. The highest BCUT2D eigenvalue weighted by Gasteiger charge is 2.08. The number of hydrogen-bond donors (Lipinski definition) is 3. The molecule has 0 saturated carbocycles. The van der Waals surface area contributed by atoms with Gasteiger partial charge in [-0.25, -0.2) is 4.39 Å². The van der Waals surface area contributed by atoms with E-state index in [4.69, 9.17) is 5.84 Å². The number of nitrogens with two attached hydrogens (primary N) is 1. The molecule has 4 N–H and O–H groups in total. The van der Waals surface area contributed by atoms with Crippen molar-refractivity contribution in [1.82, 2.24) is 5.43 Å². The van der Waals surface area contributed by atoms with Crippen LogP contribution >= 0.6 is 0 Å². The Labute approximate surface area is 70.0 Å². The predicted octanol–water partition coefficient (Wildman–Crippen LogP) is 1.06. The van der Waals surface area contributed by atoms with Gasteiger partial charge < -0.3 is 5.11 Å². The molecule has 0 bridgehead atoms. The van der Waals surface area contributed by atoms with Crippen LogP contribution in [0.2, 0.25) is 0 Å². The van der Waals surface area contributed by atoms with Crippen molar-refractivity contribution in [2.75, 3.05) is 0 Å². The van der Waals surface area contributed by atoms with Crippen molar-refractivity contribution in [3.8, 4) is 5.75 Å². The fourth-order valence-corrected chi connectivity index (χ4v) is 0.973. The van der Waals surface area contributed by atoms with Crippen LogP contribution in [0.1, 0.15) is 18.5 Å². The summed E-state index contributed by atoms with van der Waals surface area (Å²) in [5, 5.41) is 9.26. The minimum Gasteiger partial charge on any atom is -0.508 e. The summed E-state index contributed by atoms with van der Waals surface area (Å²) < 4.78 is 12.5. The lowest BCUT2D eigenvalue weighted by Gasteiger charge is -2.11. The van der Waals surface area contributed by atoms with E-state index in [1.807, 2.05) is 0 Å². The molecule has 0 amide bonds. The van der Waals surface area contributed by atoms with Crippen LogP contribution in [-0.2, 0) is 0 Å². The third kappa shape index (κ3) is 1.72. The highest BCUT2D eigenvalue weighted by Crippen LogP contribution is 2.23. The number of phenolic OH excluding ortho intramolecular Hbond substituents is 1. The van der Waals surface area contributed by atoms with Crippen LogP contribution in [0, 0.1) is 5.82 Å². The Hall–Kier alpha value is -1.13. The highest BCUT2D eigenvalue weighted by atomic mass is 19.1. The van der Waals surface area contributed by atoms with Gasteiger partial charge in [0.25, 0.3) is 0 Å². The van der Waals surface area contributed by atoms with E-state index in [9.17, 15) is 9.50 Å². The van der Waals surface area contributed by atoms with Gasteiger partial charge in [-0.3, -0.25) is 11.3 Å². The van der Waals surface area contributed by atoms with Gasteiger partial charge >= 0.3 is 0 Å². The second-order valence-electron chi connectivity index (χ2n) is 2.59. The molecular weight excluding hydrogens is 159 g/mol. The minimum atomic E-state index is -0.458. The summed E-state index contributed by atoms with van der Waals surface area (Å²) in [4.78, 5) is 0. The lowest BCUT2D eigenvalue weighted by molar-refractivity contribution is 0.449. The Kier molecular flexibility index (Phi) is 2.62. The second kappa shape index (κ2) is 3.51. The molecule has 0 spiro atoms. The number of benzene rings is 1. The van der Waals surface area contributed by atoms with Crippen LogP contribution in [0.3, 0.4) is 0 Å². The molecule has 0 saturated heterocycles. The number of hydrazine groups is 1. The summed E-state index contributed by atoms with van der Waals surface area (Å²) in [6.45, 7) is 1.77. The van der Waals surface area contributed by atoms with Gasteiger partial charge in [-0.05, 0) is 13.0 Å². The van der Waals surface area contributed by atoms with Crippen LogP contribution in [0.4, 0.5) is 4.39 Å². The van der Waals surface area contributed by atoms with Crippen molar-refractivity contribution in [3.05, 3.63) is 29.6 Å². The minimum absolute atomic E-state index is 0.0829. The Morgan fingerprint density at radius 3 is 2.75 bits per heavy atom. The maximum atomic E-state index is 12.5. The zero-order chi connectivity index (χ0) is 9.14. The van der Waals surface area contributed by atoms with E-state index in [2.05, 4.69) is 5.43 Å². The quantitative estimate of drug-likeness (QED) is 0.459. The Bertz CT molecular complexity index is 278. The molecule has 0 aliphatic heterocycles. The summed E-state index contributed by atoms with van der Waals surface area (Å²) >= 11 is 0. The molecule has 1 atom stereocenters. The fourth-order valence-electron chi connectivity index (χ4n) is 0.973. The number of phenols is 1. The van der Waals surface area contributed by atoms with E-state index in [0.29, 0.717) is 5.56 Å². The van der Waals surface area contributed by atoms with Crippen molar-refractivity contribution in [1.29, 1.82) is 0 Å². The highest BCUT2D eigenvalue weighted by molar-refractivity contribution is 5.34. The van der Waals surface area contributed by atoms with E-state index < -0.39 is 5.82 Å². The molecule has 0 fully saturated rings. The monoisotopic (exact) mass is 170 g/mol. The number of hydrogen-bond acceptors (Lipinski definition) is 3. The van der Waals surface area contributed by atoms with Crippen LogP contribution in [-0.4, -0.2) is 5.11 Å². The van der Waals surface area contributed by atoms with Gasteiger partial charge in [0.1, 0.15) is 11.6 Å². The SMILES string of the molecule is C[C@@H](NN)c1ccc(F)cc1O. The molecule has 0 heterocycles. The molecule has 1 aromatic rings. The van der Waals surface area contributed by atoms with Gasteiger partial charge in [0.05, 0.1) is 0 Å². The Morgan fingerprint density at radius 1 is 1.58 bits per heavy atom. The summed E-state index contributed by atoms with van der Waals surface area (Å²) in [5.74, 6) is 4.62. The summed E-state index contributed by atoms with van der Waals surface area (Å²) in [6.07, 6.45) is 0. The summed E-state index contributed by atoms with van der Waals surface area (Å²) in [5.41, 5.74) is 3.04. The Morgan fingerprint density at radius 2 is 2.25 bits per heavy atom. The Balaban J connectivity index is 3.01. The van der Waals surface area contributed by atoms with Gasteiger partial charge in [-0.1, -0.05) is 6.07 Å². The van der Waals surface area contributed by atoms with Gasteiger partial charge in [0, 0.05) is 17.7 Å². The van der Waals surface area contributed by atoms with Gasteiger partial charge in [-0.15, -0.1) is 0 Å². The number of rotatable bonds is 2. The first-order valence-electron chi connectivity index (χ1n) is 3.59. The maximum Gasteiger partial charge on any atom is 0.126 e. The molecule has 1 aromatic carbocycles. The van der Waals surface area contributed by atoms with Crippen LogP contribution < -0.4 is 11.3 Å². The third-order valence-electron chi connectivity index (χ3n) is 1.71. The number of nitrogens with one attached hydrogen (secondary N) is 1. The van der Waals surface area contributed by atoms with E-state index >= 15 is 0 Å². The van der Waals surface area contributed by atoms with Crippen LogP contribution in [0.5, 0.6) is 5.75 Å². The van der Waals surface area contributed by atoms with Crippen LogP contribution in [0.15, 0.2) is 18.2 Å². The smallest absolute Gasteiger partial charge is 0.126 e. The average molecular weight is 170 g/mol. The molecule has 0 unspecified atom stereocenters. The standard InChI is InChI=1S/C8H11FN2O/c1-5(11-10)7-3-2-6(9)4-8(7)12/h2-5,11-12H,10H2,1H3/t5-/m1/s1. The lowest BCUT2D eigenvalue weighted by Crippen LogP contribution is -2.25. The molecule has 0 radical (unpaired) electrons. The van der Waals surface area contributed by atoms with Crippen molar-refractivity contribution in [3.63, 3.8) is 0 Å². The first kappa shape index (κ1) is 8.96. The van der Waals surface area contributed by atoms with E-state index in [-0.39, 0.29) is 11.8 Å². The zero-order valence-corrected chi connectivity index (χ0v) is 6.71. The third-order valence-corrected chi connectivity index (χ3v) is 1.71. The van der Waals surface area contributed by atoms with Gasteiger partial charge in [-0.2, -0.15) is 0 Å². The molecular formula is C8H11FN2O. The van der Waals surface area contributed by atoms with Crippen molar-refractivity contribution in [2.45, 2.75) is 13.0 Å². The van der Waals surface area contributed by atoms with Gasteiger partial charge in [0.15, 0.2) is 0 Å². The maximum absolute atomic E-state index is 12.5. The molecule has 3 nitrogen and oxygen atoms in total. The molecule has 0 aliphatic carbocycles. The van der Waals surface area contributed by atoms with Crippen LogP contribution in [0.25, 0.3) is 0 Å². The molecule has 12 heavy (non-hydrogen) atoms. The lowest BCUT2D eigenvalue weighted by atomic mass is 10.1. The summed E-state index contributed by atoms with van der Waals surface area (Å²) in [6, 6.07) is 3.65. The van der Waals surface area contributed by atoms with Crippen molar-refractivity contribution < 1.29 is 9.50 Å². The molecule has 0 aromatic heterocycles. The van der Waals surface area contributed by atoms with E-state index in [1.165, 1.54) is 12.1 Å². The largest absolute Gasteiger partial charge is 0.508 e. The predicted molar refractivity (Wildman–Crippen MR) is 43.8 cm³/mol. The average Bonchev–Trinajstić information content (AvgIpc) is 2.03.